The highest BCUT2D eigenvalue weighted by Crippen LogP contribution is 2.38. The van der Waals surface area contributed by atoms with Crippen molar-refractivity contribution in [3.05, 3.63) is 47.5 Å². The molecule has 0 bridgehead atoms. The Kier molecular flexibility index (Phi) is 7.16. The van der Waals surface area contributed by atoms with Crippen LogP contribution in [-0.4, -0.2) is 47.4 Å². The molecule has 0 spiro atoms. The number of amidine groups is 1. The van der Waals surface area contributed by atoms with E-state index in [1.54, 1.807) is 7.05 Å². The summed E-state index contributed by atoms with van der Waals surface area (Å²) >= 11 is 0. The third-order valence-corrected chi connectivity index (χ3v) is 6.35. The van der Waals surface area contributed by atoms with Gasteiger partial charge in [-0.1, -0.05) is 18.2 Å². The Balaban J connectivity index is 1.84. The number of nitrogens with one attached hydrogen (secondary N) is 2. The highest BCUT2D eigenvalue weighted by Gasteiger charge is 2.41. The lowest BCUT2D eigenvalue weighted by Crippen LogP contribution is -2.42. The number of guanidine groups is 1. The number of fused-ring (bicyclic) bond motifs is 1. The number of hydrogen-bond acceptors (Lipinski definition) is 3. The molecule has 2 N–H and O–H groups in total. The second kappa shape index (κ2) is 9.67. The average Bonchev–Trinajstić information content (AvgIpc) is 3.07. The number of carbonyl (C=O) groups excluding carboxylic acids is 1. The van der Waals surface area contributed by atoms with Crippen LogP contribution in [0.3, 0.4) is 0 Å². The molecule has 2 heterocycles. The van der Waals surface area contributed by atoms with Crippen LogP contribution in [0.2, 0.25) is 0 Å². The van der Waals surface area contributed by atoms with Gasteiger partial charge in [-0.15, -0.1) is 0 Å². The van der Waals surface area contributed by atoms with Gasteiger partial charge in [-0.25, -0.2) is 9.98 Å². The molecule has 3 rings (SSSR count). The number of hydrogen-bond donors (Lipinski definition) is 2. The van der Waals surface area contributed by atoms with E-state index in [4.69, 9.17) is 9.98 Å². The van der Waals surface area contributed by atoms with Crippen molar-refractivity contribution in [3.63, 3.8) is 0 Å². The molecule has 2 atom stereocenters. The molecule has 1 amide bonds. The Morgan fingerprint density at radius 2 is 1.94 bits per heavy atom. The summed E-state index contributed by atoms with van der Waals surface area (Å²) in [6.07, 6.45) is 12.9. The molecule has 0 aromatic rings. The second-order valence-corrected chi connectivity index (χ2v) is 9.14. The predicted molar refractivity (Wildman–Crippen MR) is 133 cm³/mol. The van der Waals surface area contributed by atoms with E-state index >= 15 is 0 Å². The highest BCUT2D eigenvalue weighted by atomic mass is 16.2. The zero-order valence-electron chi connectivity index (χ0n) is 20.4. The van der Waals surface area contributed by atoms with Crippen molar-refractivity contribution in [2.45, 2.75) is 72.9 Å². The lowest BCUT2D eigenvalue weighted by atomic mass is 9.85. The van der Waals surface area contributed by atoms with Gasteiger partial charge < -0.3 is 15.5 Å². The van der Waals surface area contributed by atoms with Crippen molar-refractivity contribution in [1.29, 1.82) is 0 Å². The molecule has 3 aliphatic rings. The van der Waals surface area contributed by atoms with Crippen LogP contribution in [0.5, 0.6) is 0 Å². The molecule has 0 radical (unpaired) electrons. The molecule has 2 aliphatic heterocycles. The monoisotopic (exact) mass is 436 g/mol. The Morgan fingerprint density at radius 3 is 2.56 bits per heavy atom. The Hall–Kier alpha value is -2.96. The molecule has 2 unspecified atom stereocenters. The molecule has 2 saturated heterocycles. The Bertz CT molecular complexity index is 966. The first-order valence-electron chi connectivity index (χ1n) is 11.4. The van der Waals surface area contributed by atoms with E-state index in [-0.39, 0.29) is 5.91 Å². The normalized spacial score (nSPS) is 26.5. The summed E-state index contributed by atoms with van der Waals surface area (Å²) in [7, 11) is 1.72. The standard InChI is InChI=1S/C25H36N6O/c1-8-14-27-22(31-16(2)12-13-17(31)3)18(4)28-24(26-7)29-19-10-9-11-20-21(15-19)30-23(32)25(20,5)6/h8,10-11,14-17H,9,12-13H2,1-7H3,(H,26,29)(H,30,32)/b14-8-,27-22?,28-18?. The van der Waals surface area contributed by atoms with Crippen molar-refractivity contribution in [1.82, 2.24) is 15.5 Å². The zero-order chi connectivity index (χ0) is 23.5. The minimum atomic E-state index is -0.521. The zero-order valence-corrected chi connectivity index (χ0v) is 20.4. The predicted octanol–water partition coefficient (Wildman–Crippen LogP) is 4.08. The number of nitrogens with zero attached hydrogens (tertiary/aromatic N) is 4. The first-order valence-corrected chi connectivity index (χ1v) is 11.4. The maximum Gasteiger partial charge on any atom is 0.234 e. The molecular weight excluding hydrogens is 400 g/mol. The molecule has 172 valence electrons. The van der Waals surface area contributed by atoms with E-state index in [0.29, 0.717) is 18.0 Å². The first-order chi connectivity index (χ1) is 15.2. The molecule has 1 aliphatic carbocycles. The molecule has 0 aromatic heterocycles. The number of likely N-dealkylation sites (tertiary alicyclic amines) is 1. The maximum atomic E-state index is 12.3. The first kappa shape index (κ1) is 23.7. The summed E-state index contributed by atoms with van der Waals surface area (Å²) in [6.45, 7) is 12.3. The molecule has 0 aromatic carbocycles. The summed E-state index contributed by atoms with van der Waals surface area (Å²) in [5.41, 5.74) is 3.02. The van der Waals surface area contributed by atoms with Crippen molar-refractivity contribution in [2.24, 2.45) is 20.4 Å². The molecular formula is C25H36N6O. The van der Waals surface area contributed by atoms with Gasteiger partial charge in [-0.3, -0.25) is 9.79 Å². The number of allylic oxidation sites excluding steroid dienone is 5. The van der Waals surface area contributed by atoms with Crippen LogP contribution in [0.1, 0.15) is 60.8 Å². The van der Waals surface area contributed by atoms with Crippen molar-refractivity contribution >= 4 is 23.4 Å². The molecule has 7 nitrogen and oxygen atoms in total. The molecule has 32 heavy (non-hydrogen) atoms. The number of carbonyl (C=O) groups is 1. The number of amides is 1. The third-order valence-electron chi connectivity index (χ3n) is 6.35. The minimum Gasteiger partial charge on any atom is -0.350 e. The van der Waals surface area contributed by atoms with Crippen LogP contribution in [0.4, 0.5) is 0 Å². The van der Waals surface area contributed by atoms with Gasteiger partial charge in [-0.2, -0.15) is 0 Å². The lowest BCUT2D eigenvalue weighted by molar-refractivity contribution is -0.124. The Morgan fingerprint density at radius 1 is 1.25 bits per heavy atom. The van der Waals surface area contributed by atoms with Crippen LogP contribution >= 0.6 is 0 Å². The smallest absolute Gasteiger partial charge is 0.234 e. The third kappa shape index (κ3) is 4.76. The Labute approximate surface area is 191 Å². The van der Waals surface area contributed by atoms with E-state index in [1.807, 2.05) is 46.0 Å². The highest BCUT2D eigenvalue weighted by molar-refractivity contribution is 6.42. The maximum absolute atomic E-state index is 12.3. The van der Waals surface area contributed by atoms with Crippen LogP contribution in [-0.2, 0) is 4.79 Å². The SMILES string of the molecule is C/C=C\N=C(C(C)=NC(=NC)NC1=CCC=C2C(=C1)NC(=O)C2(C)C)N1C(C)CCC1C. The fourth-order valence-electron chi connectivity index (χ4n) is 4.47. The quantitative estimate of drug-likeness (QED) is 0.517. The van der Waals surface area contributed by atoms with E-state index in [1.165, 1.54) is 0 Å². The van der Waals surface area contributed by atoms with Gasteiger partial charge in [0.2, 0.25) is 11.9 Å². The average molecular weight is 437 g/mol. The minimum absolute atomic E-state index is 0.0215. The second-order valence-electron chi connectivity index (χ2n) is 9.14. The van der Waals surface area contributed by atoms with Crippen molar-refractivity contribution in [3.8, 4) is 0 Å². The summed E-state index contributed by atoms with van der Waals surface area (Å²) in [4.78, 5) is 28.6. The number of rotatable bonds is 3. The number of aliphatic imine (C=N–C) groups is 3. The topological polar surface area (TPSA) is 81.5 Å². The van der Waals surface area contributed by atoms with Crippen molar-refractivity contribution < 1.29 is 4.79 Å². The lowest BCUT2D eigenvalue weighted by Gasteiger charge is -2.29. The molecule has 7 heteroatoms. The van der Waals surface area contributed by atoms with Crippen LogP contribution in [0.15, 0.2) is 62.4 Å². The van der Waals surface area contributed by atoms with Gasteiger partial charge in [0.15, 0.2) is 5.84 Å². The van der Waals surface area contributed by atoms with Crippen molar-refractivity contribution in [2.75, 3.05) is 7.05 Å². The summed E-state index contributed by atoms with van der Waals surface area (Å²) in [6, 6.07) is 0.838. The van der Waals surface area contributed by atoms with E-state index in [0.717, 1.165) is 47.8 Å². The van der Waals surface area contributed by atoms with E-state index in [9.17, 15) is 4.79 Å². The van der Waals surface area contributed by atoms with Crippen LogP contribution < -0.4 is 10.6 Å². The van der Waals surface area contributed by atoms with Gasteiger partial charge in [0.25, 0.3) is 0 Å². The fourth-order valence-corrected chi connectivity index (χ4v) is 4.47. The largest absolute Gasteiger partial charge is 0.350 e. The van der Waals surface area contributed by atoms with E-state index < -0.39 is 5.41 Å². The van der Waals surface area contributed by atoms with Crippen LogP contribution in [0, 0.1) is 5.41 Å². The van der Waals surface area contributed by atoms with Crippen LogP contribution in [0.25, 0.3) is 0 Å². The van der Waals surface area contributed by atoms with Gasteiger partial charge in [0.1, 0.15) is 0 Å². The molecule has 0 saturated carbocycles. The van der Waals surface area contributed by atoms with Gasteiger partial charge in [0.05, 0.1) is 11.1 Å². The molecule has 2 fully saturated rings. The van der Waals surface area contributed by atoms with Gasteiger partial charge in [0, 0.05) is 36.7 Å². The van der Waals surface area contributed by atoms with Gasteiger partial charge >= 0.3 is 0 Å². The summed E-state index contributed by atoms with van der Waals surface area (Å²) < 4.78 is 0. The van der Waals surface area contributed by atoms with E-state index in [2.05, 4.69) is 46.5 Å². The van der Waals surface area contributed by atoms with Gasteiger partial charge in [-0.05, 0) is 72.5 Å². The fraction of sp³-hybridized carbons (Fsp3) is 0.520. The summed E-state index contributed by atoms with van der Waals surface area (Å²) in [5, 5.41) is 6.33. The summed E-state index contributed by atoms with van der Waals surface area (Å²) in [5.74, 6) is 1.41.